The smallest absolute Gasteiger partial charge is 0.305 e. The summed E-state index contributed by atoms with van der Waals surface area (Å²) in [6.45, 7) is 2.21. The molecule has 0 heterocycles. The number of likely N-dealkylation sites (N-methyl/N-ethyl adjacent to an activating group) is 1. The summed E-state index contributed by atoms with van der Waals surface area (Å²) in [5.41, 5.74) is 7.45. The van der Waals surface area contributed by atoms with Crippen LogP contribution in [0.4, 0.5) is 0 Å². The van der Waals surface area contributed by atoms with Crippen LogP contribution in [0.2, 0.25) is 0 Å². The number of phenolic OH excluding ortho intramolecular Hbond substituents is 1. The van der Waals surface area contributed by atoms with E-state index in [-0.39, 0.29) is 37.0 Å². The second-order valence-corrected chi connectivity index (χ2v) is 12.1. The Morgan fingerprint density at radius 2 is 1.60 bits per heavy atom. The Balaban J connectivity index is 2.14. The maximum Gasteiger partial charge on any atom is 0.305 e. The van der Waals surface area contributed by atoms with Crippen LogP contribution in [-0.2, 0) is 41.6 Å². The van der Waals surface area contributed by atoms with E-state index in [1.165, 1.54) is 23.8 Å². The molecule has 47 heavy (non-hydrogen) atoms. The van der Waals surface area contributed by atoms with E-state index in [1.54, 1.807) is 24.3 Å². The summed E-state index contributed by atoms with van der Waals surface area (Å²) >= 11 is 1.52. The first-order chi connectivity index (χ1) is 22.6. The van der Waals surface area contributed by atoms with Crippen LogP contribution in [0.3, 0.4) is 0 Å². The number of aromatic hydroxyl groups is 1. The van der Waals surface area contributed by atoms with Gasteiger partial charge in [0.25, 0.3) is 0 Å². The van der Waals surface area contributed by atoms with E-state index in [2.05, 4.69) is 20.7 Å². The number of phenols is 1. The summed E-state index contributed by atoms with van der Waals surface area (Å²) < 4.78 is 4.69. The molecule has 2 rings (SSSR count). The van der Waals surface area contributed by atoms with E-state index in [4.69, 9.17) is 5.73 Å². The van der Waals surface area contributed by atoms with Gasteiger partial charge in [-0.25, -0.2) is 0 Å². The standard InChI is InChI=1S/C34H49N5O7S/c1-4-36-28(21-25-14-16-26(40)17-15-25)34(45)38-27(18-20-47-3)33(44)37-23-30(41)39(19-10-6-9-13-31(42)46-2)29(32(35)43)22-24-11-7-5-8-12-24/h5,7-8,11-12,14-17,27-29,36,40H,4,6,9-10,13,18-23H2,1-3H3,(H2,35,43)(H,37,44)(H,38,45)/t27-,28+,29+/m1/s1. The van der Waals surface area contributed by atoms with Gasteiger partial charge in [0.2, 0.25) is 23.6 Å². The number of carbonyl (C=O) groups excluding carboxylic acids is 5. The molecule has 2 aromatic carbocycles. The minimum Gasteiger partial charge on any atom is -0.508 e. The van der Waals surface area contributed by atoms with Crippen molar-refractivity contribution in [2.75, 3.05) is 38.8 Å². The van der Waals surface area contributed by atoms with Gasteiger partial charge in [0, 0.05) is 19.4 Å². The van der Waals surface area contributed by atoms with Crippen molar-refractivity contribution in [2.24, 2.45) is 5.73 Å². The number of amides is 4. The van der Waals surface area contributed by atoms with Crippen molar-refractivity contribution in [3.63, 3.8) is 0 Å². The second kappa shape index (κ2) is 21.6. The van der Waals surface area contributed by atoms with E-state index in [1.807, 2.05) is 43.5 Å². The van der Waals surface area contributed by atoms with Gasteiger partial charge in [0.1, 0.15) is 17.8 Å². The maximum atomic E-state index is 13.6. The fourth-order valence-corrected chi connectivity index (χ4v) is 5.49. The highest BCUT2D eigenvalue weighted by Gasteiger charge is 2.30. The average molecular weight is 672 g/mol. The zero-order chi connectivity index (χ0) is 34.6. The molecule has 2 aromatic rings. The molecule has 0 aliphatic carbocycles. The zero-order valence-corrected chi connectivity index (χ0v) is 28.4. The highest BCUT2D eigenvalue weighted by Crippen LogP contribution is 2.14. The monoisotopic (exact) mass is 671 g/mol. The van der Waals surface area contributed by atoms with Crippen molar-refractivity contribution < 1.29 is 33.8 Å². The van der Waals surface area contributed by atoms with Gasteiger partial charge in [-0.2, -0.15) is 11.8 Å². The molecule has 258 valence electrons. The van der Waals surface area contributed by atoms with Gasteiger partial charge in [0.05, 0.1) is 19.7 Å². The van der Waals surface area contributed by atoms with Crippen LogP contribution in [0, 0.1) is 0 Å². The fraction of sp³-hybridized carbons (Fsp3) is 0.500. The number of benzene rings is 2. The van der Waals surface area contributed by atoms with E-state index in [9.17, 15) is 29.1 Å². The van der Waals surface area contributed by atoms with E-state index < -0.39 is 42.4 Å². The van der Waals surface area contributed by atoms with Crippen LogP contribution in [0.5, 0.6) is 5.75 Å². The summed E-state index contributed by atoms with van der Waals surface area (Å²) in [5.74, 6) is -1.64. The SMILES string of the molecule is CCN[C@@H](Cc1ccc(O)cc1)C(=O)N[C@H](CCSC)C(=O)NCC(=O)N(CCCCCC(=O)OC)[C@@H](Cc1ccccc1)C(N)=O. The number of nitrogens with two attached hydrogens (primary N) is 1. The third-order valence-corrected chi connectivity index (χ3v) is 8.25. The van der Waals surface area contributed by atoms with Gasteiger partial charge in [-0.15, -0.1) is 0 Å². The minimum absolute atomic E-state index is 0.126. The van der Waals surface area contributed by atoms with Crippen LogP contribution < -0.4 is 21.7 Å². The summed E-state index contributed by atoms with van der Waals surface area (Å²) in [4.78, 5) is 65.8. The number of methoxy groups -OCH3 is 1. The molecule has 0 aliphatic rings. The third kappa shape index (κ3) is 14.5. The first-order valence-electron chi connectivity index (χ1n) is 15.9. The normalized spacial score (nSPS) is 12.7. The van der Waals surface area contributed by atoms with Crippen molar-refractivity contribution in [1.82, 2.24) is 20.9 Å². The molecular weight excluding hydrogens is 622 g/mol. The number of hydrogen-bond donors (Lipinski definition) is 5. The quantitative estimate of drug-likeness (QED) is 0.0924. The zero-order valence-electron chi connectivity index (χ0n) is 27.5. The minimum atomic E-state index is -0.949. The van der Waals surface area contributed by atoms with Gasteiger partial charge in [-0.05, 0) is 67.5 Å². The van der Waals surface area contributed by atoms with Crippen molar-refractivity contribution in [1.29, 1.82) is 0 Å². The number of esters is 1. The Hall–Kier alpha value is -4.10. The lowest BCUT2D eigenvalue weighted by Crippen LogP contribution is -2.56. The second-order valence-electron chi connectivity index (χ2n) is 11.1. The molecule has 0 unspecified atom stereocenters. The predicted octanol–water partition coefficient (Wildman–Crippen LogP) is 1.93. The first-order valence-corrected chi connectivity index (χ1v) is 17.3. The number of unbranched alkanes of at least 4 members (excludes halogenated alkanes) is 2. The van der Waals surface area contributed by atoms with Gasteiger partial charge in [0.15, 0.2) is 0 Å². The molecular formula is C34H49N5O7S. The molecule has 3 atom stereocenters. The number of hydrogen-bond acceptors (Lipinski definition) is 9. The van der Waals surface area contributed by atoms with Crippen LogP contribution in [-0.4, -0.2) is 96.5 Å². The predicted molar refractivity (Wildman–Crippen MR) is 183 cm³/mol. The Labute approximate surface area is 281 Å². The van der Waals surface area contributed by atoms with Gasteiger partial charge in [-0.3, -0.25) is 24.0 Å². The Morgan fingerprint density at radius 3 is 2.21 bits per heavy atom. The summed E-state index contributed by atoms with van der Waals surface area (Å²) in [7, 11) is 1.33. The summed E-state index contributed by atoms with van der Waals surface area (Å²) in [6, 6.07) is 13.3. The molecule has 6 N–H and O–H groups in total. The topological polar surface area (TPSA) is 180 Å². The Bertz CT molecular complexity index is 1280. The molecule has 0 aliphatic heterocycles. The molecule has 4 amide bonds. The number of carbonyl (C=O) groups is 5. The van der Waals surface area contributed by atoms with Gasteiger partial charge < -0.3 is 36.4 Å². The lowest BCUT2D eigenvalue weighted by atomic mass is 10.0. The number of thioether (sulfide) groups is 1. The molecule has 0 saturated heterocycles. The summed E-state index contributed by atoms with van der Waals surface area (Å²) in [6.07, 6.45) is 4.71. The molecule has 0 spiro atoms. The van der Waals surface area contributed by atoms with Crippen molar-refractivity contribution in [3.05, 3.63) is 65.7 Å². The van der Waals surface area contributed by atoms with E-state index >= 15 is 0 Å². The maximum absolute atomic E-state index is 13.6. The summed E-state index contributed by atoms with van der Waals surface area (Å²) in [5, 5.41) is 18.3. The molecule has 0 aromatic heterocycles. The number of primary amides is 1. The van der Waals surface area contributed by atoms with Crippen molar-refractivity contribution >= 4 is 41.4 Å². The highest BCUT2D eigenvalue weighted by atomic mass is 32.2. The van der Waals surface area contributed by atoms with E-state index in [0.29, 0.717) is 44.4 Å². The number of ether oxygens (including phenoxy) is 1. The highest BCUT2D eigenvalue weighted by molar-refractivity contribution is 7.98. The van der Waals surface area contributed by atoms with E-state index in [0.717, 1.165) is 11.1 Å². The molecule has 0 saturated carbocycles. The Morgan fingerprint density at radius 1 is 0.915 bits per heavy atom. The van der Waals surface area contributed by atoms with Crippen molar-refractivity contribution in [2.45, 2.75) is 70.0 Å². The molecule has 0 radical (unpaired) electrons. The molecule has 0 bridgehead atoms. The van der Waals surface area contributed by atoms with Gasteiger partial charge >= 0.3 is 5.97 Å². The van der Waals surface area contributed by atoms with Crippen LogP contribution >= 0.6 is 11.8 Å². The number of rotatable bonds is 22. The van der Waals surface area contributed by atoms with Crippen LogP contribution in [0.25, 0.3) is 0 Å². The molecule has 0 fully saturated rings. The number of nitrogens with one attached hydrogen (secondary N) is 3. The van der Waals surface area contributed by atoms with Crippen LogP contribution in [0.15, 0.2) is 54.6 Å². The lowest BCUT2D eigenvalue weighted by molar-refractivity contribution is -0.141. The molecule has 12 nitrogen and oxygen atoms in total. The third-order valence-electron chi connectivity index (χ3n) is 7.61. The average Bonchev–Trinajstić information content (AvgIpc) is 3.07. The first kappa shape index (κ1) is 39.1. The fourth-order valence-electron chi connectivity index (χ4n) is 5.02. The largest absolute Gasteiger partial charge is 0.508 e. The molecule has 13 heteroatoms. The Kier molecular flexibility index (Phi) is 18.0. The van der Waals surface area contributed by atoms with Crippen LogP contribution in [0.1, 0.15) is 50.2 Å². The lowest BCUT2D eigenvalue weighted by Gasteiger charge is -2.30. The van der Waals surface area contributed by atoms with Gasteiger partial charge in [-0.1, -0.05) is 55.8 Å². The van der Waals surface area contributed by atoms with Crippen molar-refractivity contribution in [3.8, 4) is 5.75 Å². The number of nitrogens with zero attached hydrogens (tertiary/aromatic N) is 1.